The Hall–Kier alpha value is -1.64. The summed E-state index contributed by atoms with van der Waals surface area (Å²) in [5.74, 6) is 0. The first-order valence-corrected chi connectivity index (χ1v) is 7.23. The van der Waals surface area contributed by atoms with E-state index in [4.69, 9.17) is 0 Å². The Morgan fingerprint density at radius 1 is 1.15 bits per heavy atom. The van der Waals surface area contributed by atoms with Crippen LogP contribution in [0.25, 0.3) is 0 Å². The fourth-order valence-corrected chi connectivity index (χ4v) is 3.16. The molecule has 0 spiro atoms. The van der Waals surface area contributed by atoms with E-state index >= 15 is 0 Å². The highest BCUT2D eigenvalue weighted by atomic mass is 16.3. The van der Waals surface area contributed by atoms with E-state index in [9.17, 15) is 5.11 Å². The molecule has 0 amide bonds. The van der Waals surface area contributed by atoms with Crippen LogP contribution >= 0.6 is 0 Å². The number of aliphatic hydroxyl groups excluding tert-OH is 1. The van der Waals surface area contributed by atoms with Gasteiger partial charge in [-0.25, -0.2) is 0 Å². The van der Waals surface area contributed by atoms with Crippen LogP contribution in [0, 0.1) is 13.8 Å². The van der Waals surface area contributed by atoms with Gasteiger partial charge in [0, 0.05) is 0 Å². The third-order valence-corrected chi connectivity index (χ3v) is 4.21. The second-order valence-corrected chi connectivity index (χ2v) is 5.69. The second-order valence-electron chi connectivity index (χ2n) is 5.69. The summed E-state index contributed by atoms with van der Waals surface area (Å²) in [5.41, 5.74) is 5.98. The van der Waals surface area contributed by atoms with Crippen LogP contribution in [0.2, 0.25) is 0 Å². The quantitative estimate of drug-likeness (QED) is 0.875. The maximum atomic E-state index is 10.8. The molecule has 2 N–H and O–H groups in total. The number of aliphatic hydroxyl groups is 1. The Labute approximate surface area is 120 Å². The molecule has 1 aliphatic heterocycles. The molecule has 20 heavy (non-hydrogen) atoms. The smallest absolute Gasteiger partial charge is 0.0987 e. The van der Waals surface area contributed by atoms with Gasteiger partial charge in [0.15, 0.2) is 0 Å². The molecule has 1 aliphatic rings. The van der Waals surface area contributed by atoms with Crippen LogP contribution < -0.4 is 5.32 Å². The molecule has 0 radical (unpaired) electrons. The molecule has 0 aliphatic carbocycles. The maximum Gasteiger partial charge on any atom is 0.0987 e. The molecule has 0 aromatic heterocycles. The minimum Gasteiger partial charge on any atom is -0.386 e. The van der Waals surface area contributed by atoms with Crippen LogP contribution in [0.1, 0.15) is 40.0 Å². The van der Waals surface area contributed by atoms with Crippen LogP contribution in [0.4, 0.5) is 0 Å². The first kappa shape index (κ1) is 13.3. The molecular weight excluding hydrogens is 246 g/mol. The molecule has 104 valence electrons. The van der Waals surface area contributed by atoms with Crippen molar-refractivity contribution in [2.45, 2.75) is 32.4 Å². The van der Waals surface area contributed by atoms with Crippen molar-refractivity contribution in [1.82, 2.24) is 5.32 Å². The summed E-state index contributed by atoms with van der Waals surface area (Å²) in [6.45, 7) is 5.07. The summed E-state index contributed by atoms with van der Waals surface area (Å²) >= 11 is 0. The monoisotopic (exact) mass is 267 g/mol. The lowest BCUT2D eigenvalue weighted by Crippen LogP contribution is -2.34. The Kier molecular flexibility index (Phi) is 3.60. The van der Waals surface area contributed by atoms with Gasteiger partial charge in [-0.2, -0.15) is 0 Å². The highest BCUT2D eigenvalue weighted by molar-refractivity contribution is 5.38. The van der Waals surface area contributed by atoms with Crippen LogP contribution in [0.5, 0.6) is 0 Å². The molecular formula is C18H21NO. The maximum absolute atomic E-state index is 10.8. The van der Waals surface area contributed by atoms with Crippen LogP contribution in [-0.4, -0.2) is 11.7 Å². The topological polar surface area (TPSA) is 32.3 Å². The summed E-state index contributed by atoms with van der Waals surface area (Å²) in [6, 6.07) is 14.7. The third kappa shape index (κ3) is 2.37. The van der Waals surface area contributed by atoms with Gasteiger partial charge < -0.3 is 10.4 Å². The van der Waals surface area contributed by atoms with Crippen molar-refractivity contribution in [3.63, 3.8) is 0 Å². The number of aryl methyl sites for hydroxylation is 2. The first-order valence-electron chi connectivity index (χ1n) is 7.23. The van der Waals surface area contributed by atoms with E-state index in [1.807, 2.05) is 12.1 Å². The fourth-order valence-electron chi connectivity index (χ4n) is 3.16. The Balaban J connectivity index is 1.97. The van der Waals surface area contributed by atoms with Gasteiger partial charge in [-0.3, -0.25) is 0 Å². The molecule has 2 nitrogen and oxygen atoms in total. The van der Waals surface area contributed by atoms with Gasteiger partial charge in [-0.15, -0.1) is 0 Å². The Bertz CT molecular complexity index is 621. The zero-order valence-electron chi connectivity index (χ0n) is 12.1. The number of hydrogen-bond donors (Lipinski definition) is 2. The van der Waals surface area contributed by atoms with E-state index in [0.29, 0.717) is 0 Å². The fraction of sp³-hybridized carbons (Fsp3) is 0.333. The van der Waals surface area contributed by atoms with Gasteiger partial charge in [0.1, 0.15) is 0 Å². The highest BCUT2D eigenvalue weighted by Crippen LogP contribution is 2.34. The number of nitrogens with one attached hydrogen (secondary N) is 1. The zero-order chi connectivity index (χ0) is 14.1. The van der Waals surface area contributed by atoms with Crippen molar-refractivity contribution < 1.29 is 5.11 Å². The van der Waals surface area contributed by atoms with Crippen molar-refractivity contribution in [3.05, 3.63) is 70.3 Å². The lowest BCUT2D eigenvalue weighted by atomic mass is 9.87. The molecule has 0 saturated carbocycles. The standard InChI is InChI=1S/C18H21NO/c1-12-7-8-15(13(2)11-12)18(20)17-16-6-4-3-5-14(16)9-10-19-17/h3-8,11,17-20H,9-10H2,1-2H3. The first-order chi connectivity index (χ1) is 9.66. The number of rotatable bonds is 2. The van der Waals surface area contributed by atoms with E-state index in [1.165, 1.54) is 16.7 Å². The summed E-state index contributed by atoms with van der Waals surface area (Å²) in [5, 5.41) is 14.3. The summed E-state index contributed by atoms with van der Waals surface area (Å²) < 4.78 is 0. The molecule has 2 aromatic carbocycles. The number of hydrogen-bond acceptors (Lipinski definition) is 2. The Morgan fingerprint density at radius 2 is 1.95 bits per heavy atom. The molecule has 2 aromatic rings. The van der Waals surface area contributed by atoms with Crippen LogP contribution in [0.15, 0.2) is 42.5 Å². The van der Waals surface area contributed by atoms with Gasteiger partial charge in [0.05, 0.1) is 12.1 Å². The Morgan fingerprint density at radius 3 is 2.75 bits per heavy atom. The molecule has 0 fully saturated rings. The molecule has 2 atom stereocenters. The minimum absolute atomic E-state index is 0.0126. The average molecular weight is 267 g/mol. The van der Waals surface area contributed by atoms with Gasteiger partial charge in [0.2, 0.25) is 0 Å². The molecule has 2 unspecified atom stereocenters. The van der Waals surface area contributed by atoms with Crippen molar-refractivity contribution >= 4 is 0 Å². The van der Waals surface area contributed by atoms with Gasteiger partial charge in [0.25, 0.3) is 0 Å². The van der Waals surface area contributed by atoms with E-state index in [2.05, 4.69) is 49.5 Å². The van der Waals surface area contributed by atoms with Crippen molar-refractivity contribution in [3.8, 4) is 0 Å². The largest absolute Gasteiger partial charge is 0.386 e. The summed E-state index contributed by atoms with van der Waals surface area (Å²) in [6.07, 6.45) is 0.531. The zero-order valence-corrected chi connectivity index (χ0v) is 12.1. The number of fused-ring (bicyclic) bond motifs is 1. The van der Waals surface area contributed by atoms with E-state index in [-0.39, 0.29) is 6.04 Å². The third-order valence-electron chi connectivity index (χ3n) is 4.21. The molecule has 1 heterocycles. The highest BCUT2D eigenvalue weighted by Gasteiger charge is 2.27. The molecule has 2 heteroatoms. The minimum atomic E-state index is -0.503. The second kappa shape index (κ2) is 5.39. The van der Waals surface area contributed by atoms with Crippen molar-refractivity contribution in [1.29, 1.82) is 0 Å². The molecule has 0 bridgehead atoms. The lowest BCUT2D eigenvalue weighted by Gasteiger charge is -2.31. The van der Waals surface area contributed by atoms with Gasteiger partial charge >= 0.3 is 0 Å². The van der Waals surface area contributed by atoms with Crippen molar-refractivity contribution in [2.24, 2.45) is 0 Å². The van der Waals surface area contributed by atoms with E-state index in [1.54, 1.807) is 0 Å². The molecule has 0 saturated heterocycles. The lowest BCUT2D eigenvalue weighted by molar-refractivity contribution is 0.125. The predicted octanol–water partition coefficient (Wildman–Crippen LogP) is 3.22. The van der Waals surface area contributed by atoms with Crippen LogP contribution in [0.3, 0.4) is 0 Å². The predicted molar refractivity (Wildman–Crippen MR) is 81.8 cm³/mol. The van der Waals surface area contributed by atoms with Gasteiger partial charge in [-0.05, 0) is 49.1 Å². The molecule has 3 rings (SSSR count). The SMILES string of the molecule is Cc1ccc(C(O)C2NCCc3ccccc32)c(C)c1. The number of benzene rings is 2. The average Bonchev–Trinajstić information content (AvgIpc) is 2.46. The van der Waals surface area contributed by atoms with Crippen molar-refractivity contribution in [2.75, 3.05) is 6.54 Å². The summed E-state index contributed by atoms with van der Waals surface area (Å²) in [7, 11) is 0. The van der Waals surface area contributed by atoms with Crippen LogP contribution in [-0.2, 0) is 6.42 Å². The van der Waals surface area contributed by atoms with E-state index < -0.39 is 6.10 Å². The van der Waals surface area contributed by atoms with E-state index in [0.717, 1.165) is 24.1 Å². The summed E-state index contributed by atoms with van der Waals surface area (Å²) in [4.78, 5) is 0. The van der Waals surface area contributed by atoms with Gasteiger partial charge in [-0.1, -0.05) is 48.0 Å². The normalized spacial score (nSPS) is 19.4.